The molecule has 1 aromatic carbocycles. The number of hydrogen-bond donors (Lipinski definition) is 1. The maximum absolute atomic E-state index is 14.4. The van der Waals surface area contributed by atoms with Crippen LogP contribution in [0.3, 0.4) is 0 Å². The van der Waals surface area contributed by atoms with Gasteiger partial charge < -0.3 is 10.1 Å². The fourth-order valence-electron chi connectivity index (χ4n) is 3.23. The standard InChI is InChI=1S/C24H22FN5O2S/c1-33-14-11-20(24-29-28-22-6-2-3-13-30(22)24)27-23(31)10-8-17-7-9-21(19(25)15-17)32-18-5-4-12-26-16-18/h2-10,12-13,15-16,20H,11,14H2,1H3,(H,27,31)/b10-8+. The molecule has 7 nitrogen and oxygen atoms in total. The third-order valence-corrected chi connectivity index (χ3v) is 5.47. The fraction of sp³-hybridized carbons (Fsp3) is 0.167. The quantitative estimate of drug-likeness (QED) is 0.363. The molecule has 0 bridgehead atoms. The van der Waals surface area contributed by atoms with Crippen LogP contribution < -0.4 is 10.1 Å². The Kier molecular flexibility index (Phi) is 7.31. The average Bonchev–Trinajstić information content (AvgIpc) is 3.27. The van der Waals surface area contributed by atoms with E-state index < -0.39 is 5.82 Å². The molecule has 33 heavy (non-hydrogen) atoms. The Hall–Kier alpha value is -3.72. The van der Waals surface area contributed by atoms with Crippen molar-refractivity contribution in [1.82, 2.24) is 24.9 Å². The summed E-state index contributed by atoms with van der Waals surface area (Å²) in [4.78, 5) is 16.6. The van der Waals surface area contributed by atoms with Crippen molar-refractivity contribution in [1.29, 1.82) is 0 Å². The summed E-state index contributed by atoms with van der Waals surface area (Å²) in [6.45, 7) is 0. The van der Waals surface area contributed by atoms with Crippen LogP contribution in [-0.2, 0) is 4.79 Å². The SMILES string of the molecule is CSCCC(NC(=O)/C=C/c1ccc(Oc2cccnc2)c(F)c1)c1nnc2ccccn12. The van der Waals surface area contributed by atoms with Crippen LogP contribution in [0.5, 0.6) is 11.5 Å². The number of nitrogens with one attached hydrogen (secondary N) is 1. The second kappa shape index (κ2) is 10.7. The molecule has 1 N–H and O–H groups in total. The number of aromatic nitrogens is 4. The number of halogens is 1. The lowest BCUT2D eigenvalue weighted by atomic mass is 10.1. The van der Waals surface area contributed by atoms with E-state index in [-0.39, 0.29) is 17.7 Å². The molecule has 0 aliphatic carbocycles. The van der Waals surface area contributed by atoms with E-state index in [4.69, 9.17) is 4.74 Å². The van der Waals surface area contributed by atoms with Crippen molar-refractivity contribution < 1.29 is 13.9 Å². The van der Waals surface area contributed by atoms with E-state index in [0.717, 1.165) is 11.4 Å². The molecule has 168 valence electrons. The van der Waals surface area contributed by atoms with Gasteiger partial charge in [-0.3, -0.25) is 14.2 Å². The Morgan fingerprint density at radius 2 is 2.15 bits per heavy atom. The lowest BCUT2D eigenvalue weighted by Gasteiger charge is -2.16. The number of hydrogen-bond acceptors (Lipinski definition) is 6. The maximum atomic E-state index is 14.4. The van der Waals surface area contributed by atoms with Crippen LogP contribution in [0.4, 0.5) is 4.39 Å². The van der Waals surface area contributed by atoms with Gasteiger partial charge in [-0.05, 0) is 66.5 Å². The molecule has 0 spiro atoms. The number of rotatable bonds is 9. The third kappa shape index (κ3) is 5.75. The molecule has 0 saturated heterocycles. The van der Waals surface area contributed by atoms with Gasteiger partial charge in [0.05, 0.1) is 12.2 Å². The van der Waals surface area contributed by atoms with Crippen molar-refractivity contribution >= 4 is 29.4 Å². The Morgan fingerprint density at radius 1 is 1.24 bits per heavy atom. The molecule has 3 aromatic heterocycles. The van der Waals surface area contributed by atoms with Gasteiger partial charge in [0.2, 0.25) is 5.91 Å². The number of carbonyl (C=O) groups is 1. The first-order chi connectivity index (χ1) is 16.1. The van der Waals surface area contributed by atoms with E-state index in [2.05, 4.69) is 20.5 Å². The Balaban J connectivity index is 1.45. The summed E-state index contributed by atoms with van der Waals surface area (Å²) in [7, 11) is 0. The molecule has 1 amide bonds. The zero-order valence-electron chi connectivity index (χ0n) is 17.9. The number of pyridine rings is 2. The van der Waals surface area contributed by atoms with Crippen LogP contribution in [-0.4, -0.2) is 37.5 Å². The van der Waals surface area contributed by atoms with Crippen molar-refractivity contribution in [3.8, 4) is 11.5 Å². The van der Waals surface area contributed by atoms with E-state index >= 15 is 0 Å². The average molecular weight is 464 g/mol. The normalized spacial score (nSPS) is 12.2. The molecular weight excluding hydrogens is 441 g/mol. The highest BCUT2D eigenvalue weighted by Gasteiger charge is 2.19. The predicted molar refractivity (Wildman–Crippen MR) is 127 cm³/mol. The molecular formula is C24H22FN5O2S. The second-order valence-corrected chi connectivity index (χ2v) is 8.13. The molecule has 4 aromatic rings. The minimum atomic E-state index is -0.533. The Bertz CT molecular complexity index is 1260. The van der Waals surface area contributed by atoms with Crippen molar-refractivity contribution in [2.24, 2.45) is 0 Å². The zero-order valence-corrected chi connectivity index (χ0v) is 18.7. The molecule has 4 rings (SSSR count). The molecule has 0 saturated carbocycles. The molecule has 3 heterocycles. The number of amides is 1. The van der Waals surface area contributed by atoms with E-state index in [1.807, 2.05) is 35.1 Å². The van der Waals surface area contributed by atoms with Crippen LogP contribution in [0, 0.1) is 5.82 Å². The summed E-state index contributed by atoms with van der Waals surface area (Å²) in [6.07, 6.45) is 10.6. The van der Waals surface area contributed by atoms with Gasteiger partial charge in [-0.25, -0.2) is 4.39 Å². The molecule has 0 fully saturated rings. The summed E-state index contributed by atoms with van der Waals surface area (Å²) < 4.78 is 21.8. The summed E-state index contributed by atoms with van der Waals surface area (Å²) in [5.74, 6) is 1.21. The predicted octanol–water partition coefficient (Wildman–Crippen LogP) is 4.68. The maximum Gasteiger partial charge on any atom is 0.244 e. The van der Waals surface area contributed by atoms with E-state index in [1.54, 1.807) is 42.2 Å². The van der Waals surface area contributed by atoms with Gasteiger partial charge in [-0.15, -0.1) is 10.2 Å². The van der Waals surface area contributed by atoms with Gasteiger partial charge in [-0.2, -0.15) is 11.8 Å². The van der Waals surface area contributed by atoms with Crippen molar-refractivity contribution in [3.63, 3.8) is 0 Å². The summed E-state index contributed by atoms with van der Waals surface area (Å²) in [5.41, 5.74) is 1.25. The van der Waals surface area contributed by atoms with Crippen molar-refractivity contribution in [2.45, 2.75) is 12.5 Å². The van der Waals surface area contributed by atoms with Crippen LogP contribution >= 0.6 is 11.8 Å². The smallest absolute Gasteiger partial charge is 0.244 e. The van der Waals surface area contributed by atoms with Crippen LogP contribution in [0.15, 0.2) is 73.2 Å². The zero-order chi connectivity index (χ0) is 23.0. The first-order valence-electron chi connectivity index (χ1n) is 10.3. The minimum Gasteiger partial charge on any atom is -0.453 e. The molecule has 1 atom stereocenters. The fourth-order valence-corrected chi connectivity index (χ4v) is 3.70. The molecule has 0 aliphatic heterocycles. The summed E-state index contributed by atoms with van der Waals surface area (Å²) in [6, 6.07) is 13.2. The Morgan fingerprint density at radius 3 is 2.94 bits per heavy atom. The van der Waals surface area contributed by atoms with Gasteiger partial charge in [0.15, 0.2) is 23.0 Å². The van der Waals surface area contributed by atoms with Crippen LogP contribution in [0.1, 0.15) is 23.9 Å². The Labute approximate surface area is 194 Å². The van der Waals surface area contributed by atoms with Gasteiger partial charge in [0.1, 0.15) is 5.75 Å². The van der Waals surface area contributed by atoms with Crippen molar-refractivity contribution in [3.05, 3.63) is 90.4 Å². The largest absolute Gasteiger partial charge is 0.453 e. The number of ether oxygens (including phenoxy) is 1. The van der Waals surface area contributed by atoms with E-state index in [0.29, 0.717) is 23.6 Å². The molecule has 0 radical (unpaired) electrons. The van der Waals surface area contributed by atoms with Gasteiger partial charge in [0, 0.05) is 18.5 Å². The van der Waals surface area contributed by atoms with Crippen LogP contribution in [0.25, 0.3) is 11.7 Å². The second-order valence-electron chi connectivity index (χ2n) is 7.14. The molecule has 0 aliphatic rings. The summed E-state index contributed by atoms with van der Waals surface area (Å²) >= 11 is 1.69. The monoisotopic (exact) mass is 463 g/mol. The van der Waals surface area contributed by atoms with Gasteiger partial charge >= 0.3 is 0 Å². The van der Waals surface area contributed by atoms with E-state index in [1.165, 1.54) is 24.4 Å². The highest BCUT2D eigenvalue weighted by molar-refractivity contribution is 7.98. The number of carbonyl (C=O) groups excluding carboxylic acids is 1. The highest BCUT2D eigenvalue weighted by Crippen LogP contribution is 2.25. The highest BCUT2D eigenvalue weighted by atomic mass is 32.2. The number of fused-ring (bicyclic) bond motifs is 1. The number of thioether (sulfide) groups is 1. The van der Waals surface area contributed by atoms with Gasteiger partial charge in [-0.1, -0.05) is 12.1 Å². The van der Waals surface area contributed by atoms with E-state index in [9.17, 15) is 9.18 Å². The van der Waals surface area contributed by atoms with Gasteiger partial charge in [0.25, 0.3) is 0 Å². The summed E-state index contributed by atoms with van der Waals surface area (Å²) in [5, 5.41) is 11.4. The lowest BCUT2D eigenvalue weighted by Crippen LogP contribution is -2.29. The van der Waals surface area contributed by atoms with Crippen molar-refractivity contribution in [2.75, 3.05) is 12.0 Å². The molecule has 1 unspecified atom stereocenters. The topological polar surface area (TPSA) is 81.4 Å². The van der Waals surface area contributed by atoms with Crippen LogP contribution in [0.2, 0.25) is 0 Å². The first kappa shape index (κ1) is 22.5. The lowest BCUT2D eigenvalue weighted by molar-refractivity contribution is -0.117. The molecule has 9 heteroatoms. The third-order valence-electron chi connectivity index (χ3n) is 4.82. The first-order valence-corrected chi connectivity index (χ1v) is 11.7. The number of nitrogens with zero attached hydrogens (tertiary/aromatic N) is 4. The minimum absolute atomic E-state index is 0.0837. The number of benzene rings is 1.